The molecule has 1 fully saturated rings. The highest BCUT2D eigenvalue weighted by molar-refractivity contribution is 5.89. The van der Waals surface area contributed by atoms with Gasteiger partial charge in [-0.3, -0.25) is 10.1 Å². The maximum absolute atomic E-state index is 11.8. The van der Waals surface area contributed by atoms with Crippen molar-refractivity contribution >= 4 is 17.8 Å². The number of anilines is 1. The Morgan fingerprint density at radius 3 is 2.84 bits per heavy atom. The van der Waals surface area contributed by atoms with Crippen molar-refractivity contribution in [3.8, 4) is 0 Å². The van der Waals surface area contributed by atoms with Gasteiger partial charge in [-0.1, -0.05) is 12.5 Å². The molecular weight excluding hydrogens is 244 g/mol. The molecule has 1 aliphatic carbocycles. The van der Waals surface area contributed by atoms with E-state index in [-0.39, 0.29) is 23.9 Å². The van der Waals surface area contributed by atoms with Crippen LogP contribution < -0.4 is 16.4 Å². The van der Waals surface area contributed by atoms with Crippen LogP contribution in [0, 0.1) is 12.8 Å². The molecule has 0 unspecified atom stereocenters. The number of amides is 3. The fourth-order valence-electron chi connectivity index (χ4n) is 2.41. The number of nitrogens with zero attached hydrogens (tertiary/aromatic N) is 1. The van der Waals surface area contributed by atoms with E-state index in [1.54, 1.807) is 6.07 Å². The summed E-state index contributed by atoms with van der Waals surface area (Å²) in [6.45, 7) is 1.85. The lowest BCUT2D eigenvalue weighted by Crippen LogP contribution is -2.44. The summed E-state index contributed by atoms with van der Waals surface area (Å²) < 4.78 is 0. The molecule has 1 saturated carbocycles. The average Bonchev–Trinajstić information content (AvgIpc) is 2.76. The Labute approximate surface area is 111 Å². The maximum atomic E-state index is 11.8. The summed E-state index contributed by atoms with van der Waals surface area (Å²) >= 11 is 0. The average molecular weight is 262 g/mol. The van der Waals surface area contributed by atoms with Crippen LogP contribution in [0.4, 0.5) is 10.6 Å². The number of hydrogen-bond donors (Lipinski definition) is 3. The first-order valence-electron chi connectivity index (χ1n) is 6.37. The molecule has 4 N–H and O–H groups in total. The van der Waals surface area contributed by atoms with Gasteiger partial charge < -0.3 is 11.1 Å². The molecule has 0 aliphatic heterocycles. The Balaban J connectivity index is 1.92. The van der Waals surface area contributed by atoms with Crippen molar-refractivity contribution in [1.29, 1.82) is 0 Å². The Kier molecular flexibility index (Phi) is 3.99. The predicted molar refractivity (Wildman–Crippen MR) is 71.5 cm³/mol. The van der Waals surface area contributed by atoms with Crippen LogP contribution in [0.15, 0.2) is 18.2 Å². The SMILES string of the molecule is Cc1cccc(NC(=O)N[C@@H]2CCC[C@@H]2C(N)=O)n1. The molecule has 6 heteroatoms. The van der Waals surface area contributed by atoms with Crippen molar-refractivity contribution in [2.24, 2.45) is 11.7 Å². The minimum absolute atomic E-state index is 0.178. The third-order valence-electron chi connectivity index (χ3n) is 3.33. The number of primary amides is 1. The Bertz CT molecular complexity index is 489. The molecule has 2 rings (SSSR count). The molecule has 19 heavy (non-hydrogen) atoms. The summed E-state index contributed by atoms with van der Waals surface area (Å²) in [6.07, 6.45) is 2.42. The quantitative estimate of drug-likeness (QED) is 0.762. The van der Waals surface area contributed by atoms with Crippen LogP contribution in [0.3, 0.4) is 0 Å². The van der Waals surface area contributed by atoms with Gasteiger partial charge in [0.05, 0.1) is 5.92 Å². The van der Waals surface area contributed by atoms with Crippen LogP contribution in [0.2, 0.25) is 0 Å². The molecular formula is C13H18N4O2. The second-order valence-electron chi connectivity index (χ2n) is 4.81. The molecule has 1 heterocycles. The van der Waals surface area contributed by atoms with Gasteiger partial charge in [-0.2, -0.15) is 0 Å². The highest BCUT2D eigenvalue weighted by Gasteiger charge is 2.32. The summed E-state index contributed by atoms with van der Waals surface area (Å²) in [7, 11) is 0. The van der Waals surface area contributed by atoms with Gasteiger partial charge >= 0.3 is 6.03 Å². The van der Waals surface area contributed by atoms with E-state index in [0.717, 1.165) is 25.0 Å². The first-order valence-corrected chi connectivity index (χ1v) is 6.37. The van der Waals surface area contributed by atoms with Gasteiger partial charge in [0, 0.05) is 11.7 Å². The van der Waals surface area contributed by atoms with Crippen LogP contribution in [-0.4, -0.2) is 23.0 Å². The zero-order valence-corrected chi connectivity index (χ0v) is 10.8. The van der Waals surface area contributed by atoms with E-state index < -0.39 is 0 Å². The van der Waals surface area contributed by atoms with E-state index in [2.05, 4.69) is 15.6 Å². The Hall–Kier alpha value is -2.11. The van der Waals surface area contributed by atoms with Gasteiger partial charge in [-0.05, 0) is 31.9 Å². The molecule has 0 radical (unpaired) electrons. The van der Waals surface area contributed by atoms with Crippen molar-refractivity contribution < 1.29 is 9.59 Å². The molecule has 1 aromatic heterocycles. The van der Waals surface area contributed by atoms with Gasteiger partial charge in [0.15, 0.2) is 0 Å². The smallest absolute Gasteiger partial charge is 0.320 e. The number of carbonyl (C=O) groups is 2. The molecule has 0 spiro atoms. The van der Waals surface area contributed by atoms with E-state index >= 15 is 0 Å². The van der Waals surface area contributed by atoms with Crippen molar-refractivity contribution in [3.05, 3.63) is 23.9 Å². The van der Waals surface area contributed by atoms with Gasteiger partial charge in [0.25, 0.3) is 0 Å². The number of urea groups is 1. The number of rotatable bonds is 3. The maximum Gasteiger partial charge on any atom is 0.320 e. The zero-order chi connectivity index (χ0) is 13.8. The van der Waals surface area contributed by atoms with E-state index in [4.69, 9.17) is 5.73 Å². The summed E-state index contributed by atoms with van der Waals surface area (Å²) in [5.74, 6) is -0.126. The Morgan fingerprint density at radius 2 is 2.16 bits per heavy atom. The molecule has 1 aromatic rings. The second kappa shape index (κ2) is 5.69. The van der Waals surface area contributed by atoms with Crippen molar-refractivity contribution in [2.45, 2.75) is 32.2 Å². The third-order valence-corrected chi connectivity index (χ3v) is 3.33. The van der Waals surface area contributed by atoms with Crippen LogP contribution in [0.25, 0.3) is 0 Å². The number of aryl methyl sites for hydroxylation is 1. The molecule has 102 valence electrons. The first kappa shape index (κ1) is 13.3. The van der Waals surface area contributed by atoms with E-state index in [1.165, 1.54) is 0 Å². The van der Waals surface area contributed by atoms with E-state index in [1.807, 2.05) is 19.1 Å². The van der Waals surface area contributed by atoms with Gasteiger partial charge in [0.1, 0.15) is 5.82 Å². The van der Waals surface area contributed by atoms with Crippen LogP contribution >= 0.6 is 0 Å². The Morgan fingerprint density at radius 1 is 1.37 bits per heavy atom. The standard InChI is InChI=1S/C13H18N4O2/c1-8-4-2-7-11(15-8)17-13(19)16-10-6-3-5-9(10)12(14)18/h2,4,7,9-10H,3,5-6H2,1H3,(H2,14,18)(H2,15,16,17,19)/t9-,10+/m0/s1. The third kappa shape index (κ3) is 3.43. The van der Waals surface area contributed by atoms with Crippen molar-refractivity contribution in [3.63, 3.8) is 0 Å². The fraction of sp³-hybridized carbons (Fsp3) is 0.462. The molecule has 0 bridgehead atoms. The molecule has 3 amide bonds. The number of nitrogens with two attached hydrogens (primary N) is 1. The molecule has 0 aromatic carbocycles. The second-order valence-corrected chi connectivity index (χ2v) is 4.81. The normalized spacial score (nSPS) is 21.9. The number of pyridine rings is 1. The molecule has 2 atom stereocenters. The van der Waals surface area contributed by atoms with Gasteiger partial charge in [-0.25, -0.2) is 9.78 Å². The fourth-order valence-corrected chi connectivity index (χ4v) is 2.41. The molecule has 1 aliphatic rings. The topological polar surface area (TPSA) is 97.1 Å². The predicted octanol–water partition coefficient (Wildman–Crippen LogP) is 1.17. The van der Waals surface area contributed by atoms with Gasteiger partial charge in [0.2, 0.25) is 5.91 Å². The lowest BCUT2D eigenvalue weighted by molar-refractivity contribution is -0.122. The molecule has 6 nitrogen and oxygen atoms in total. The zero-order valence-electron chi connectivity index (χ0n) is 10.8. The molecule has 0 saturated heterocycles. The minimum Gasteiger partial charge on any atom is -0.369 e. The lowest BCUT2D eigenvalue weighted by atomic mass is 10.0. The van der Waals surface area contributed by atoms with E-state index in [0.29, 0.717) is 5.82 Å². The summed E-state index contributed by atoms with van der Waals surface area (Å²) in [5, 5.41) is 5.44. The van der Waals surface area contributed by atoms with Crippen LogP contribution in [0.5, 0.6) is 0 Å². The number of nitrogens with one attached hydrogen (secondary N) is 2. The monoisotopic (exact) mass is 262 g/mol. The number of carbonyl (C=O) groups excluding carboxylic acids is 2. The first-order chi connectivity index (χ1) is 9.06. The summed E-state index contributed by atoms with van der Waals surface area (Å²) in [5.41, 5.74) is 6.14. The van der Waals surface area contributed by atoms with Crippen LogP contribution in [0.1, 0.15) is 25.0 Å². The van der Waals surface area contributed by atoms with Crippen molar-refractivity contribution in [2.75, 3.05) is 5.32 Å². The summed E-state index contributed by atoms with van der Waals surface area (Å²) in [6, 6.07) is 4.86. The number of aromatic nitrogens is 1. The minimum atomic E-state index is -0.351. The highest BCUT2D eigenvalue weighted by Crippen LogP contribution is 2.25. The highest BCUT2D eigenvalue weighted by atomic mass is 16.2. The number of hydrogen-bond acceptors (Lipinski definition) is 3. The van der Waals surface area contributed by atoms with E-state index in [9.17, 15) is 9.59 Å². The van der Waals surface area contributed by atoms with Gasteiger partial charge in [-0.15, -0.1) is 0 Å². The summed E-state index contributed by atoms with van der Waals surface area (Å²) in [4.78, 5) is 27.2. The largest absolute Gasteiger partial charge is 0.369 e. The van der Waals surface area contributed by atoms with Crippen molar-refractivity contribution in [1.82, 2.24) is 10.3 Å². The van der Waals surface area contributed by atoms with Crippen LogP contribution in [-0.2, 0) is 4.79 Å². The lowest BCUT2D eigenvalue weighted by Gasteiger charge is -2.18.